The molecule has 1 aromatic rings. The van der Waals surface area contributed by atoms with Gasteiger partial charge in [-0.05, 0) is 28.1 Å². The molecule has 16 heavy (non-hydrogen) atoms. The topological polar surface area (TPSA) is 38.3 Å². The quantitative estimate of drug-likeness (QED) is 0.829. The highest BCUT2D eigenvalue weighted by Gasteiger charge is 2.14. The third-order valence-electron chi connectivity index (χ3n) is 2.01. The van der Waals surface area contributed by atoms with E-state index in [0.29, 0.717) is 17.5 Å². The Labute approximate surface area is 112 Å². The van der Waals surface area contributed by atoms with Crippen LogP contribution in [-0.4, -0.2) is 31.0 Å². The maximum Gasteiger partial charge on any atom is 0.252 e. The maximum absolute atomic E-state index is 11.9. The molecule has 0 heterocycles. The van der Waals surface area contributed by atoms with E-state index < -0.39 is 0 Å². The Hall–Kier alpha value is -0.390. The molecule has 0 aromatic heterocycles. The molecule has 0 fully saturated rings. The number of methoxy groups -OCH3 is 1. The van der Waals surface area contributed by atoms with Crippen molar-refractivity contribution in [3.63, 3.8) is 0 Å². The van der Waals surface area contributed by atoms with Gasteiger partial charge in [0, 0.05) is 16.9 Å². The second-order valence-electron chi connectivity index (χ2n) is 3.26. The molecule has 0 bridgehead atoms. The predicted octanol–water partition coefficient (Wildman–Crippen LogP) is 2.59. The van der Waals surface area contributed by atoms with Crippen LogP contribution in [0.25, 0.3) is 0 Å². The minimum absolute atomic E-state index is 0.0235. The monoisotopic (exact) mass is 349 g/mol. The van der Waals surface area contributed by atoms with Gasteiger partial charge in [-0.1, -0.05) is 28.1 Å². The lowest BCUT2D eigenvalue weighted by Gasteiger charge is -2.15. The van der Waals surface area contributed by atoms with Crippen molar-refractivity contribution in [2.75, 3.05) is 19.0 Å². The fourth-order valence-electron chi connectivity index (χ4n) is 1.23. The first kappa shape index (κ1) is 13.7. The van der Waals surface area contributed by atoms with Gasteiger partial charge in [0.15, 0.2) is 0 Å². The molecular weight excluding hydrogens is 338 g/mol. The van der Waals surface area contributed by atoms with Crippen LogP contribution >= 0.6 is 31.9 Å². The number of amides is 1. The summed E-state index contributed by atoms with van der Waals surface area (Å²) in [6.45, 7) is 0.488. The number of hydrogen-bond acceptors (Lipinski definition) is 2. The van der Waals surface area contributed by atoms with Gasteiger partial charge in [0.2, 0.25) is 0 Å². The average Bonchev–Trinajstić information content (AvgIpc) is 2.28. The summed E-state index contributed by atoms with van der Waals surface area (Å²) in [5.41, 5.74) is 0.629. The molecule has 0 aliphatic rings. The molecule has 0 saturated carbocycles. The van der Waals surface area contributed by atoms with Crippen molar-refractivity contribution in [3.8, 4) is 0 Å². The van der Waals surface area contributed by atoms with E-state index in [1.165, 1.54) is 0 Å². The Morgan fingerprint density at radius 3 is 2.75 bits per heavy atom. The third kappa shape index (κ3) is 3.88. The SMILES string of the molecule is COCC(CBr)NC(=O)c1ccccc1Br. The second kappa shape index (κ2) is 7.04. The number of hydrogen-bond donors (Lipinski definition) is 1. The fourth-order valence-corrected chi connectivity index (χ4v) is 2.05. The highest BCUT2D eigenvalue weighted by atomic mass is 79.9. The van der Waals surface area contributed by atoms with E-state index in [9.17, 15) is 4.79 Å². The molecule has 0 spiro atoms. The van der Waals surface area contributed by atoms with Gasteiger partial charge in [-0.15, -0.1) is 0 Å². The van der Waals surface area contributed by atoms with Gasteiger partial charge in [0.25, 0.3) is 5.91 Å². The molecule has 0 radical (unpaired) electrons. The molecule has 5 heteroatoms. The Morgan fingerprint density at radius 1 is 1.50 bits per heavy atom. The van der Waals surface area contributed by atoms with E-state index in [0.717, 1.165) is 4.47 Å². The lowest BCUT2D eigenvalue weighted by molar-refractivity contribution is 0.0907. The van der Waals surface area contributed by atoms with Gasteiger partial charge in [-0.2, -0.15) is 0 Å². The summed E-state index contributed by atoms with van der Waals surface area (Å²) in [5.74, 6) is -0.103. The normalized spacial score (nSPS) is 12.2. The Balaban J connectivity index is 2.68. The number of ether oxygens (including phenoxy) is 1. The van der Waals surface area contributed by atoms with Gasteiger partial charge in [0.1, 0.15) is 0 Å². The van der Waals surface area contributed by atoms with Crippen LogP contribution in [0.2, 0.25) is 0 Å². The molecule has 0 saturated heterocycles. The smallest absolute Gasteiger partial charge is 0.252 e. The molecule has 0 aliphatic carbocycles. The second-order valence-corrected chi connectivity index (χ2v) is 4.76. The molecule has 1 aromatic carbocycles. The largest absolute Gasteiger partial charge is 0.383 e. The van der Waals surface area contributed by atoms with Crippen molar-refractivity contribution in [2.45, 2.75) is 6.04 Å². The van der Waals surface area contributed by atoms with Crippen LogP contribution in [0, 0.1) is 0 Å². The highest BCUT2D eigenvalue weighted by Crippen LogP contribution is 2.15. The summed E-state index contributed by atoms with van der Waals surface area (Å²) < 4.78 is 5.80. The summed E-state index contributed by atoms with van der Waals surface area (Å²) >= 11 is 6.67. The van der Waals surface area contributed by atoms with E-state index in [2.05, 4.69) is 37.2 Å². The number of alkyl halides is 1. The number of nitrogens with one attached hydrogen (secondary N) is 1. The average molecular weight is 351 g/mol. The van der Waals surface area contributed by atoms with Crippen LogP contribution in [0.15, 0.2) is 28.7 Å². The highest BCUT2D eigenvalue weighted by molar-refractivity contribution is 9.10. The lowest BCUT2D eigenvalue weighted by atomic mass is 10.2. The van der Waals surface area contributed by atoms with E-state index >= 15 is 0 Å². The molecular formula is C11H13Br2NO2. The van der Waals surface area contributed by atoms with Gasteiger partial charge in [-0.3, -0.25) is 4.79 Å². The Morgan fingerprint density at radius 2 is 2.19 bits per heavy atom. The maximum atomic E-state index is 11.9. The minimum atomic E-state index is -0.103. The van der Waals surface area contributed by atoms with Gasteiger partial charge in [0.05, 0.1) is 18.2 Å². The predicted molar refractivity (Wildman–Crippen MR) is 71.1 cm³/mol. The number of carbonyl (C=O) groups is 1. The number of halogens is 2. The first-order valence-corrected chi connectivity index (χ1v) is 6.70. The van der Waals surface area contributed by atoms with E-state index in [1.807, 2.05) is 18.2 Å². The summed E-state index contributed by atoms with van der Waals surface area (Å²) in [7, 11) is 1.61. The molecule has 88 valence electrons. The van der Waals surface area contributed by atoms with Crippen LogP contribution in [0.5, 0.6) is 0 Å². The molecule has 1 unspecified atom stereocenters. The van der Waals surface area contributed by atoms with Crippen LogP contribution < -0.4 is 5.32 Å². The summed E-state index contributed by atoms with van der Waals surface area (Å²) in [4.78, 5) is 11.9. The van der Waals surface area contributed by atoms with E-state index in [4.69, 9.17) is 4.74 Å². The summed E-state index contributed by atoms with van der Waals surface area (Å²) in [6.07, 6.45) is 0. The van der Waals surface area contributed by atoms with Gasteiger partial charge >= 0.3 is 0 Å². The zero-order valence-corrected chi connectivity index (χ0v) is 12.0. The standard InChI is InChI=1S/C11H13Br2NO2/c1-16-7-8(6-12)14-11(15)9-4-2-3-5-10(9)13/h2-5,8H,6-7H2,1H3,(H,14,15). The van der Waals surface area contributed by atoms with Crippen molar-refractivity contribution >= 4 is 37.8 Å². The van der Waals surface area contributed by atoms with Crippen LogP contribution in [0.1, 0.15) is 10.4 Å². The van der Waals surface area contributed by atoms with Crippen molar-refractivity contribution in [3.05, 3.63) is 34.3 Å². The number of carbonyl (C=O) groups excluding carboxylic acids is 1. The molecule has 1 N–H and O–H groups in total. The molecule has 1 amide bonds. The number of benzene rings is 1. The minimum Gasteiger partial charge on any atom is -0.383 e. The lowest BCUT2D eigenvalue weighted by Crippen LogP contribution is -2.39. The van der Waals surface area contributed by atoms with Gasteiger partial charge < -0.3 is 10.1 Å². The van der Waals surface area contributed by atoms with Crippen molar-refractivity contribution in [1.29, 1.82) is 0 Å². The number of rotatable bonds is 5. The fraction of sp³-hybridized carbons (Fsp3) is 0.364. The van der Waals surface area contributed by atoms with Crippen LogP contribution in [0.3, 0.4) is 0 Å². The zero-order chi connectivity index (χ0) is 12.0. The molecule has 1 atom stereocenters. The van der Waals surface area contributed by atoms with E-state index in [1.54, 1.807) is 13.2 Å². The first-order chi connectivity index (χ1) is 7.69. The summed E-state index contributed by atoms with van der Waals surface area (Å²) in [5, 5.41) is 3.55. The van der Waals surface area contributed by atoms with Crippen molar-refractivity contribution < 1.29 is 9.53 Å². The van der Waals surface area contributed by atoms with Crippen molar-refractivity contribution in [1.82, 2.24) is 5.32 Å². The Kier molecular flexibility index (Phi) is 6.01. The summed E-state index contributed by atoms with van der Waals surface area (Å²) in [6, 6.07) is 7.30. The van der Waals surface area contributed by atoms with Crippen LogP contribution in [-0.2, 0) is 4.74 Å². The van der Waals surface area contributed by atoms with E-state index in [-0.39, 0.29) is 11.9 Å². The van der Waals surface area contributed by atoms with Crippen LogP contribution in [0.4, 0.5) is 0 Å². The molecule has 0 aliphatic heterocycles. The van der Waals surface area contributed by atoms with Crippen molar-refractivity contribution in [2.24, 2.45) is 0 Å². The zero-order valence-electron chi connectivity index (χ0n) is 8.87. The third-order valence-corrected chi connectivity index (χ3v) is 3.48. The first-order valence-electron chi connectivity index (χ1n) is 4.79. The van der Waals surface area contributed by atoms with Gasteiger partial charge in [-0.25, -0.2) is 0 Å². The molecule has 3 nitrogen and oxygen atoms in total. The Bertz CT molecular complexity index is 358. The molecule has 1 rings (SSSR count).